The van der Waals surface area contributed by atoms with Gasteiger partial charge in [-0.1, -0.05) is 22.0 Å². The summed E-state index contributed by atoms with van der Waals surface area (Å²) in [4.78, 5) is 0. The standard InChI is InChI=1S/C16H20BrFO2S/c17-12-1-2-13(14(18)9-12)15(19)11-3-6-20-16(10-11)4-7-21-8-5-16/h1-2,9,11,15,19H,3-8,10H2. The van der Waals surface area contributed by atoms with E-state index in [1.165, 1.54) is 6.07 Å². The maximum absolute atomic E-state index is 14.1. The van der Waals surface area contributed by atoms with Crippen molar-refractivity contribution in [3.05, 3.63) is 34.1 Å². The number of thioether (sulfide) groups is 1. The Bertz CT molecular complexity index is 500. The molecular weight excluding hydrogens is 355 g/mol. The van der Waals surface area contributed by atoms with E-state index < -0.39 is 6.10 Å². The van der Waals surface area contributed by atoms with Gasteiger partial charge in [0.15, 0.2) is 0 Å². The van der Waals surface area contributed by atoms with Gasteiger partial charge in [0, 0.05) is 16.6 Å². The molecule has 0 saturated carbocycles. The molecule has 116 valence electrons. The van der Waals surface area contributed by atoms with Gasteiger partial charge in [0.2, 0.25) is 0 Å². The largest absolute Gasteiger partial charge is 0.388 e. The summed E-state index contributed by atoms with van der Waals surface area (Å²) in [6.07, 6.45) is 2.98. The molecular formula is C16H20BrFO2S. The van der Waals surface area contributed by atoms with Crippen LogP contribution in [0.4, 0.5) is 4.39 Å². The number of hydrogen-bond donors (Lipinski definition) is 1. The van der Waals surface area contributed by atoms with Crippen molar-refractivity contribution in [2.75, 3.05) is 18.1 Å². The Kier molecular flexibility index (Phi) is 4.94. The summed E-state index contributed by atoms with van der Waals surface area (Å²) in [6, 6.07) is 4.89. The summed E-state index contributed by atoms with van der Waals surface area (Å²) in [6.45, 7) is 0.671. The first kappa shape index (κ1) is 15.8. The van der Waals surface area contributed by atoms with Gasteiger partial charge in [-0.3, -0.25) is 0 Å². The van der Waals surface area contributed by atoms with Crippen LogP contribution in [0.5, 0.6) is 0 Å². The zero-order valence-electron chi connectivity index (χ0n) is 11.9. The highest BCUT2D eigenvalue weighted by Gasteiger charge is 2.41. The number of rotatable bonds is 2. The second-order valence-corrected chi connectivity index (χ2v) is 8.15. The summed E-state index contributed by atoms with van der Waals surface area (Å²) >= 11 is 5.22. The van der Waals surface area contributed by atoms with Gasteiger partial charge in [0.1, 0.15) is 5.82 Å². The highest BCUT2D eigenvalue weighted by molar-refractivity contribution is 9.10. The van der Waals surface area contributed by atoms with Crippen LogP contribution in [0.1, 0.15) is 37.4 Å². The van der Waals surface area contributed by atoms with Crippen LogP contribution in [0.25, 0.3) is 0 Å². The van der Waals surface area contributed by atoms with Crippen molar-refractivity contribution in [3.8, 4) is 0 Å². The predicted octanol–water partition coefficient (Wildman–Crippen LogP) is 4.31. The molecule has 0 aliphatic carbocycles. The van der Waals surface area contributed by atoms with Gasteiger partial charge in [-0.05, 0) is 55.2 Å². The Morgan fingerprint density at radius 2 is 2.14 bits per heavy atom. The van der Waals surface area contributed by atoms with E-state index in [0.29, 0.717) is 16.6 Å². The van der Waals surface area contributed by atoms with Crippen LogP contribution in [0.3, 0.4) is 0 Å². The molecule has 2 fully saturated rings. The summed E-state index contributed by atoms with van der Waals surface area (Å²) in [5.41, 5.74) is 0.325. The van der Waals surface area contributed by atoms with E-state index in [0.717, 1.165) is 37.2 Å². The molecule has 2 nitrogen and oxygen atoms in total. The average molecular weight is 375 g/mol. The number of aliphatic hydroxyl groups is 1. The molecule has 1 spiro atoms. The van der Waals surface area contributed by atoms with Crippen molar-refractivity contribution in [1.82, 2.24) is 0 Å². The van der Waals surface area contributed by atoms with Gasteiger partial charge in [-0.25, -0.2) is 4.39 Å². The smallest absolute Gasteiger partial charge is 0.130 e. The zero-order valence-corrected chi connectivity index (χ0v) is 14.3. The molecule has 2 saturated heterocycles. The molecule has 0 bridgehead atoms. The number of aliphatic hydroxyl groups excluding tert-OH is 1. The van der Waals surface area contributed by atoms with Gasteiger partial charge in [0.25, 0.3) is 0 Å². The van der Waals surface area contributed by atoms with E-state index in [9.17, 15) is 9.50 Å². The van der Waals surface area contributed by atoms with E-state index in [4.69, 9.17) is 4.74 Å². The number of halogens is 2. The van der Waals surface area contributed by atoms with Gasteiger partial charge in [-0.2, -0.15) is 11.8 Å². The van der Waals surface area contributed by atoms with Crippen LogP contribution < -0.4 is 0 Å². The third-order valence-electron chi connectivity index (χ3n) is 4.66. The van der Waals surface area contributed by atoms with E-state index in [1.54, 1.807) is 12.1 Å². The Morgan fingerprint density at radius 3 is 2.86 bits per heavy atom. The zero-order chi connectivity index (χ0) is 14.9. The fraction of sp³-hybridized carbons (Fsp3) is 0.625. The van der Waals surface area contributed by atoms with E-state index in [2.05, 4.69) is 15.9 Å². The molecule has 21 heavy (non-hydrogen) atoms. The monoisotopic (exact) mass is 374 g/mol. The van der Waals surface area contributed by atoms with E-state index in [1.807, 2.05) is 11.8 Å². The SMILES string of the molecule is OC(c1ccc(Br)cc1F)C1CCOC2(CCSCC2)C1. The summed E-state index contributed by atoms with van der Waals surface area (Å²) < 4.78 is 20.8. The molecule has 1 aromatic carbocycles. The van der Waals surface area contributed by atoms with Gasteiger partial charge >= 0.3 is 0 Å². The average Bonchev–Trinajstić information content (AvgIpc) is 2.47. The molecule has 0 aromatic heterocycles. The quantitative estimate of drug-likeness (QED) is 0.835. The van der Waals surface area contributed by atoms with Crippen molar-refractivity contribution in [3.63, 3.8) is 0 Å². The second kappa shape index (κ2) is 6.57. The lowest BCUT2D eigenvalue weighted by Crippen LogP contribution is -2.44. The molecule has 0 radical (unpaired) electrons. The number of benzene rings is 1. The highest BCUT2D eigenvalue weighted by atomic mass is 79.9. The van der Waals surface area contributed by atoms with Crippen LogP contribution in [-0.2, 0) is 4.74 Å². The van der Waals surface area contributed by atoms with Gasteiger partial charge in [0.05, 0.1) is 11.7 Å². The lowest BCUT2D eigenvalue weighted by molar-refractivity contribution is -0.121. The van der Waals surface area contributed by atoms with Crippen LogP contribution in [0.15, 0.2) is 22.7 Å². The van der Waals surface area contributed by atoms with Crippen molar-refractivity contribution in [2.24, 2.45) is 5.92 Å². The Morgan fingerprint density at radius 1 is 1.38 bits per heavy atom. The molecule has 2 atom stereocenters. The van der Waals surface area contributed by atoms with E-state index >= 15 is 0 Å². The summed E-state index contributed by atoms with van der Waals surface area (Å²) in [7, 11) is 0. The first-order valence-corrected chi connectivity index (χ1v) is 9.39. The van der Waals surface area contributed by atoms with Crippen LogP contribution >= 0.6 is 27.7 Å². The lowest BCUT2D eigenvalue weighted by Gasteiger charge is -2.44. The molecule has 2 aliphatic rings. The molecule has 5 heteroatoms. The fourth-order valence-electron chi connectivity index (χ4n) is 3.42. The molecule has 0 amide bonds. The van der Waals surface area contributed by atoms with Crippen molar-refractivity contribution in [2.45, 2.75) is 37.4 Å². The minimum Gasteiger partial charge on any atom is -0.388 e. The van der Waals surface area contributed by atoms with Crippen LogP contribution in [-0.4, -0.2) is 28.8 Å². The summed E-state index contributed by atoms with van der Waals surface area (Å²) in [5, 5.41) is 10.6. The topological polar surface area (TPSA) is 29.5 Å². The Labute approximate surface area is 137 Å². The minimum atomic E-state index is -0.742. The molecule has 2 heterocycles. The Balaban J connectivity index is 1.76. The molecule has 1 N–H and O–H groups in total. The minimum absolute atomic E-state index is 0.0810. The van der Waals surface area contributed by atoms with Crippen molar-refractivity contribution >= 4 is 27.7 Å². The van der Waals surface area contributed by atoms with Gasteiger partial charge < -0.3 is 9.84 Å². The number of hydrogen-bond acceptors (Lipinski definition) is 3. The third kappa shape index (κ3) is 3.46. The van der Waals surface area contributed by atoms with Gasteiger partial charge in [-0.15, -0.1) is 0 Å². The van der Waals surface area contributed by atoms with E-state index in [-0.39, 0.29) is 17.3 Å². The molecule has 3 rings (SSSR count). The normalized spacial score (nSPS) is 26.7. The second-order valence-electron chi connectivity index (χ2n) is 6.01. The third-order valence-corrected chi connectivity index (χ3v) is 6.14. The van der Waals surface area contributed by atoms with Crippen molar-refractivity contribution < 1.29 is 14.2 Å². The fourth-order valence-corrected chi connectivity index (χ4v) is 4.99. The Hall–Kier alpha value is -0.100. The molecule has 2 unspecified atom stereocenters. The van der Waals surface area contributed by atoms with Crippen LogP contribution in [0.2, 0.25) is 0 Å². The first-order valence-electron chi connectivity index (χ1n) is 7.44. The van der Waals surface area contributed by atoms with Crippen molar-refractivity contribution in [1.29, 1.82) is 0 Å². The predicted molar refractivity (Wildman–Crippen MR) is 87.0 cm³/mol. The molecule has 1 aromatic rings. The maximum Gasteiger partial charge on any atom is 0.130 e. The highest BCUT2D eigenvalue weighted by Crippen LogP contribution is 2.43. The summed E-state index contributed by atoms with van der Waals surface area (Å²) in [5.74, 6) is 1.99. The van der Waals surface area contributed by atoms with Crippen LogP contribution in [0, 0.1) is 11.7 Å². The molecule has 2 aliphatic heterocycles. The first-order chi connectivity index (χ1) is 10.1. The lowest BCUT2D eigenvalue weighted by atomic mass is 9.78. The maximum atomic E-state index is 14.1. The number of ether oxygens (including phenoxy) is 1.